The molecular formula is C28H29N3O4S. The van der Waals surface area contributed by atoms with E-state index in [1.165, 1.54) is 11.8 Å². The first-order chi connectivity index (χ1) is 17.6. The minimum Gasteiger partial charge on any atom is -0.497 e. The molecule has 2 aromatic carbocycles. The third kappa shape index (κ3) is 4.65. The summed E-state index contributed by atoms with van der Waals surface area (Å²) in [5.41, 5.74) is 3.62. The summed E-state index contributed by atoms with van der Waals surface area (Å²) in [7, 11) is 1.62. The Morgan fingerprint density at radius 1 is 1.06 bits per heavy atom. The Bertz CT molecular complexity index is 1230. The van der Waals surface area contributed by atoms with Gasteiger partial charge in [-0.05, 0) is 42.9 Å². The predicted octanol–water partition coefficient (Wildman–Crippen LogP) is 4.98. The first-order valence-corrected chi connectivity index (χ1v) is 13.1. The molecule has 0 unspecified atom stereocenters. The molecular weight excluding hydrogens is 474 g/mol. The number of carbonyl (C=O) groups is 2. The zero-order valence-corrected chi connectivity index (χ0v) is 21.3. The van der Waals surface area contributed by atoms with E-state index in [1.807, 2.05) is 69.8 Å². The number of thioether (sulfide) groups is 1. The van der Waals surface area contributed by atoms with Crippen molar-refractivity contribution >= 4 is 34.5 Å². The van der Waals surface area contributed by atoms with Gasteiger partial charge < -0.3 is 19.3 Å². The molecule has 0 spiro atoms. The highest BCUT2D eigenvalue weighted by Crippen LogP contribution is 2.47. The van der Waals surface area contributed by atoms with Gasteiger partial charge >= 0.3 is 5.97 Å². The summed E-state index contributed by atoms with van der Waals surface area (Å²) in [4.78, 5) is 35.5. The number of carbonyl (C=O) groups excluding carboxylic acids is 2. The maximum absolute atomic E-state index is 13.5. The van der Waals surface area contributed by atoms with Gasteiger partial charge in [0.05, 0.1) is 37.4 Å². The van der Waals surface area contributed by atoms with Crippen molar-refractivity contribution in [3.63, 3.8) is 0 Å². The fourth-order valence-electron chi connectivity index (χ4n) is 4.82. The van der Waals surface area contributed by atoms with Gasteiger partial charge in [0.1, 0.15) is 5.75 Å². The van der Waals surface area contributed by atoms with Gasteiger partial charge in [-0.15, -0.1) is 0 Å². The first kappa shape index (κ1) is 24.2. The van der Waals surface area contributed by atoms with Crippen LogP contribution in [-0.4, -0.2) is 53.7 Å². The Labute approximate surface area is 215 Å². The number of rotatable bonds is 7. The molecule has 0 N–H and O–H groups in total. The van der Waals surface area contributed by atoms with Crippen LogP contribution in [0.15, 0.2) is 76.3 Å². The van der Waals surface area contributed by atoms with Crippen LogP contribution in [0.3, 0.4) is 0 Å². The lowest BCUT2D eigenvalue weighted by Gasteiger charge is -2.37. The van der Waals surface area contributed by atoms with E-state index in [9.17, 15) is 9.59 Å². The second kappa shape index (κ2) is 10.6. The van der Waals surface area contributed by atoms with Gasteiger partial charge in [-0.1, -0.05) is 54.2 Å². The van der Waals surface area contributed by atoms with Crippen LogP contribution in [-0.2, 0) is 14.3 Å². The van der Waals surface area contributed by atoms with E-state index in [4.69, 9.17) is 14.5 Å². The number of hydrogen-bond donors (Lipinski definition) is 0. The molecule has 186 valence electrons. The van der Waals surface area contributed by atoms with Crippen LogP contribution in [0, 0.1) is 0 Å². The topological polar surface area (TPSA) is 71.4 Å². The molecule has 1 fully saturated rings. The van der Waals surface area contributed by atoms with Crippen LogP contribution in [0.25, 0.3) is 5.70 Å². The van der Waals surface area contributed by atoms with Gasteiger partial charge in [-0.25, -0.2) is 9.79 Å². The molecule has 1 saturated heterocycles. The summed E-state index contributed by atoms with van der Waals surface area (Å²) in [6.45, 7) is 3.65. The molecule has 2 aromatic rings. The lowest BCUT2D eigenvalue weighted by Crippen LogP contribution is -2.38. The Kier molecular flexibility index (Phi) is 7.13. The normalized spacial score (nSPS) is 19.1. The number of likely N-dealkylation sites (tertiary alicyclic amines) is 1. The number of nitrogens with zero attached hydrogens (tertiary/aromatic N) is 3. The summed E-state index contributed by atoms with van der Waals surface area (Å²) in [6, 6.07) is 16.9. The highest BCUT2D eigenvalue weighted by Gasteiger charge is 2.42. The first-order valence-electron chi connectivity index (χ1n) is 12.2. The van der Waals surface area contributed by atoms with E-state index in [2.05, 4.69) is 0 Å². The van der Waals surface area contributed by atoms with Gasteiger partial charge in [0, 0.05) is 24.4 Å². The van der Waals surface area contributed by atoms with Crippen molar-refractivity contribution in [1.82, 2.24) is 9.80 Å². The minimum atomic E-state index is -0.495. The quantitative estimate of drug-likeness (QED) is 0.496. The maximum Gasteiger partial charge on any atom is 0.338 e. The summed E-state index contributed by atoms with van der Waals surface area (Å²) in [5, 5.41) is 2.73. The average Bonchev–Trinajstić information content (AvgIpc) is 3.59. The molecule has 0 bridgehead atoms. The number of benzene rings is 2. The lowest BCUT2D eigenvalue weighted by atomic mass is 9.91. The number of fused-ring (bicyclic) bond motifs is 1. The van der Waals surface area contributed by atoms with E-state index in [0.717, 1.165) is 53.7 Å². The third-order valence-electron chi connectivity index (χ3n) is 6.58. The van der Waals surface area contributed by atoms with Gasteiger partial charge in [0.15, 0.2) is 5.17 Å². The molecule has 1 atom stereocenters. The van der Waals surface area contributed by atoms with E-state index in [1.54, 1.807) is 14.0 Å². The number of hydrogen-bond acceptors (Lipinski definition) is 7. The number of esters is 1. The molecule has 8 heteroatoms. The zero-order chi connectivity index (χ0) is 25.1. The third-order valence-corrected chi connectivity index (χ3v) is 7.46. The minimum absolute atomic E-state index is 0.101. The van der Waals surface area contributed by atoms with Crippen molar-refractivity contribution in [3.05, 3.63) is 82.4 Å². The highest BCUT2D eigenvalue weighted by atomic mass is 32.2. The fraction of sp³-hybridized carbons (Fsp3) is 0.321. The number of methoxy groups -OCH3 is 1. The SMILES string of the molecule is CCOC(=O)C1=C(c2ccccc2)N=C2SC=C(CC(=O)N3CCCC3)N2[C@@H]1c1ccc(OC)cc1. The highest BCUT2D eigenvalue weighted by molar-refractivity contribution is 8.16. The molecule has 3 aliphatic heterocycles. The predicted molar refractivity (Wildman–Crippen MR) is 141 cm³/mol. The average molecular weight is 504 g/mol. The van der Waals surface area contributed by atoms with Gasteiger partial charge in [-0.3, -0.25) is 4.79 Å². The molecule has 0 saturated carbocycles. The molecule has 0 aliphatic carbocycles. The standard InChI is InChI=1S/C28H29N3O4S/c1-3-35-27(33)24-25(19-9-5-4-6-10-19)29-28-31(26(24)20-11-13-22(34-2)14-12-20)21(18-36-28)17-23(32)30-15-7-8-16-30/h4-6,9-14,18,26H,3,7-8,15-17H2,1-2H3/t26-/m1/s1. The Balaban J connectivity index is 1.62. The molecule has 0 radical (unpaired) electrons. The molecule has 36 heavy (non-hydrogen) atoms. The second-order valence-electron chi connectivity index (χ2n) is 8.78. The van der Waals surface area contributed by atoms with Gasteiger partial charge in [-0.2, -0.15) is 0 Å². The molecule has 1 amide bonds. The Morgan fingerprint density at radius 3 is 2.44 bits per heavy atom. The smallest absolute Gasteiger partial charge is 0.338 e. The van der Waals surface area contributed by atoms with E-state index >= 15 is 0 Å². The Morgan fingerprint density at radius 2 is 1.78 bits per heavy atom. The van der Waals surface area contributed by atoms with Crippen molar-refractivity contribution in [1.29, 1.82) is 0 Å². The largest absolute Gasteiger partial charge is 0.497 e. The van der Waals surface area contributed by atoms with Crippen molar-refractivity contribution < 1.29 is 19.1 Å². The van der Waals surface area contributed by atoms with Crippen molar-refractivity contribution in [3.8, 4) is 5.75 Å². The summed E-state index contributed by atoms with van der Waals surface area (Å²) in [6.07, 6.45) is 2.34. The van der Waals surface area contributed by atoms with E-state index < -0.39 is 12.0 Å². The van der Waals surface area contributed by atoms with Gasteiger partial charge in [0.2, 0.25) is 5.91 Å². The number of amidine groups is 1. The lowest BCUT2D eigenvalue weighted by molar-refractivity contribution is -0.139. The van der Waals surface area contributed by atoms with Gasteiger partial charge in [0.25, 0.3) is 0 Å². The number of amides is 1. The zero-order valence-electron chi connectivity index (χ0n) is 20.5. The summed E-state index contributed by atoms with van der Waals surface area (Å²) in [5.74, 6) is 0.413. The molecule has 3 heterocycles. The van der Waals surface area contributed by atoms with Crippen molar-refractivity contribution in [2.45, 2.75) is 32.2 Å². The summed E-state index contributed by atoms with van der Waals surface area (Å²) >= 11 is 1.48. The molecule has 0 aromatic heterocycles. The Hall–Kier alpha value is -3.52. The van der Waals surface area contributed by atoms with Crippen LogP contribution in [0.1, 0.15) is 43.4 Å². The van der Waals surface area contributed by atoms with Crippen LogP contribution >= 0.6 is 11.8 Å². The van der Waals surface area contributed by atoms with Crippen LogP contribution in [0.2, 0.25) is 0 Å². The van der Waals surface area contributed by atoms with Crippen molar-refractivity contribution in [2.75, 3.05) is 26.8 Å². The van der Waals surface area contributed by atoms with Crippen molar-refractivity contribution in [2.24, 2.45) is 4.99 Å². The molecule has 7 nitrogen and oxygen atoms in total. The summed E-state index contributed by atoms with van der Waals surface area (Å²) < 4.78 is 10.9. The van der Waals surface area contributed by atoms with E-state index in [0.29, 0.717) is 11.3 Å². The number of ether oxygens (including phenoxy) is 2. The van der Waals surface area contributed by atoms with Crippen LogP contribution in [0.4, 0.5) is 0 Å². The monoisotopic (exact) mass is 503 g/mol. The molecule has 5 rings (SSSR count). The van der Waals surface area contributed by atoms with Crippen LogP contribution < -0.4 is 4.74 Å². The molecule has 3 aliphatic rings. The second-order valence-corrected chi connectivity index (χ2v) is 9.62. The maximum atomic E-state index is 13.5. The fourth-order valence-corrected chi connectivity index (χ4v) is 5.74. The van der Waals surface area contributed by atoms with Crippen LogP contribution in [0.5, 0.6) is 5.75 Å². The number of aliphatic imine (C=N–C) groups is 1. The van der Waals surface area contributed by atoms with E-state index in [-0.39, 0.29) is 18.9 Å².